The summed E-state index contributed by atoms with van der Waals surface area (Å²) in [6.07, 6.45) is 1.76. The number of benzene rings is 1. The fourth-order valence-electron chi connectivity index (χ4n) is 2.07. The molecule has 0 saturated heterocycles. The van der Waals surface area contributed by atoms with Crippen molar-refractivity contribution >= 4 is 23.5 Å². The first-order valence-electron chi connectivity index (χ1n) is 7.71. The fraction of sp³-hybridized carbons (Fsp3) is 0.278. The van der Waals surface area contributed by atoms with E-state index in [4.69, 9.17) is 16.3 Å². The largest absolute Gasteiger partial charge is 0.484 e. The number of rotatable bonds is 8. The zero-order chi connectivity index (χ0) is 18.1. The Kier molecular flexibility index (Phi) is 7.22. The van der Waals surface area contributed by atoms with E-state index < -0.39 is 0 Å². The van der Waals surface area contributed by atoms with E-state index in [-0.39, 0.29) is 31.4 Å². The van der Waals surface area contributed by atoms with Crippen molar-refractivity contribution in [2.45, 2.75) is 13.0 Å². The van der Waals surface area contributed by atoms with E-state index in [1.165, 1.54) is 12.0 Å². The molecule has 0 fully saturated rings. The molecule has 0 N–H and O–H groups in total. The van der Waals surface area contributed by atoms with E-state index in [9.17, 15) is 9.59 Å². The van der Waals surface area contributed by atoms with Gasteiger partial charge in [0.15, 0.2) is 6.61 Å². The maximum absolute atomic E-state index is 12.5. The van der Waals surface area contributed by atoms with Gasteiger partial charge in [0.1, 0.15) is 5.75 Å². The summed E-state index contributed by atoms with van der Waals surface area (Å²) in [6.45, 7) is 0.377. The van der Waals surface area contributed by atoms with E-state index in [1.807, 2.05) is 12.1 Å². The first-order chi connectivity index (χ1) is 12.1. The molecule has 0 atom stereocenters. The van der Waals surface area contributed by atoms with Crippen LogP contribution in [-0.2, 0) is 20.9 Å². The summed E-state index contributed by atoms with van der Waals surface area (Å²) in [4.78, 5) is 29.6. The Morgan fingerprint density at radius 1 is 1.16 bits per heavy atom. The Labute approximate surface area is 151 Å². The molecule has 1 aromatic carbocycles. The van der Waals surface area contributed by atoms with Crippen LogP contribution < -0.4 is 4.74 Å². The van der Waals surface area contributed by atoms with Crippen LogP contribution in [0.2, 0.25) is 5.02 Å². The fourth-order valence-corrected chi connectivity index (χ4v) is 2.20. The average molecular weight is 363 g/mol. The van der Waals surface area contributed by atoms with Crippen LogP contribution in [-0.4, -0.2) is 42.0 Å². The van der Waals surface area contributed by atoms with Gasteiger partial charge in [-0.15, -0.1) is 0 Å². The van der Waals surface area contributed by atoms with E-state index >= 15 is 0 Å². The molecule has 0 unspecified atom stereocenters. The van der Waals surface area contributed by atoms with Crippen LogP contribution in [0, 0.1) is 0 Å². The third-order valence-electron chi connectivity index (χ3n) is 3.42. The van der Waals surface area contributed by atoms with Crippen molar-refractivity contribution in [3.8, 4) is 5.75 Å². The lowest BCUT2D eigenvalue weighted by Crippen LogP contribution is -2.36. The molecule has 1 amide bonds. The number of hydrogen-bond donors (Lipinski definition) is 0. The van der Waals surface area contributed by atoms with E-state index in [0.717, 1.165) is 5.69 Å². The van der Waals surface area contributed by atoms with Gasteiger partial charge in [-0.25, -0.2) is 0 Å². The second-order valence-corrected chi connectivity index (χ2v) is 5.64. The van der Waals surface area contributed by atoms with Crippen LogP contribution in [0.4, 0.5) is 0 Å². The summed E-state index contributed by atoms with van der Waals surface area (Å²) in [5, 5.41) is 0.591. The van der Waals surface area contributed by atoms with E-state index in [1.54, 1.807) is 36.5 Å². The quantitative estimate of drug-likeness (QED) is 0.675. The van der Waals surface area contributed by atoms with Crippen molar-refractivity contribution in [2.24, 2.45) is 0 Å². The van der Waals surface area contributed by atoms with E-state index in [0.29, 0.717) is 17.3 Å². The van der Waals surface area contributed by atoms with Crippen molar-refractivity contribution in [2.75, 3.05) is 20.3 Å². The zero-order valence-electron chi connectivity index (χ0n) is 13.9. The van der Waals surface area contributed by atoms with Crippen LogP contribution in [0.3, 0.4) is 0 Å². The predicted molar refractivity (Wildman–Crippen MR) is 93.2 cm³/mol. The minimum absolute atomic E-state index is 0.107. The number of carbonyl (C=O) groups is 2. The molecule has 0 saturated carbocycles. The number of nitrogens with zero attached hydrogens (tertiary/aromatic N) is 2. The number of halogens is 1. The van der Waals surface area contributed by atoms with Crippen molar-refractivity contribution in [1.82, 2.24) is 9.88 Å². The molecule has 7 heteroatoms. The molecule has 0 radical (unpaired) electrons. The second kappa shape index (κ2) is 9.64. The van der Waals surface area contributed by atoms with Crippen LogP contribution in [0.5, 0.6) is 5.75 Å². The number of pyridine rings is 1. The Morgan fingerprint density at radius 2 is 1.92 bits per heavy atom. The normalized spacial score (nSPS) is 10.2. The maximum atomic E-state index is 12.5. The summed E-state index contributed by atoms with van der Waals surface area (Å²) in [5.41, 5.74) is 0.729. The van der Waals surface area contributed by atoms with Crippen molar-refractivity contribution in [1.29, 1.82) is 0 Å². The summed E-state index contributed by atoms with van der Waals surface area (Å²) in [5.74, 6) is -0.0783. The summed E-state index contributed by atoms with van der Waals surface area (Å²) in [6, 6.07) is 12.2. The third-order valence-corrected chi connectivity index (χ3v) is 3.67. The molecule has 1 aromatic heterocycles. The molecular formula is C18H19ClN2O4. The maximum Gasteiger partial charge on any atom is 0.307 e. The van der Waals surface area contributed by atoms with Crippen LogP contribution in [0.15, 0.2) is 48.7 Å². The van der Waals surface area contributed by atoms with Crippen LogP contribution in [0.1, 0.15) is 12.1 Å². The first kappa shape index (κ1) is 18.7. The molecule has 0 aliphatic carbocycles. The van der Waals surface area contributed by atoms with Gasteiger partial charge in [0, 0.05) is 17.8 Å². The van der Waals surface area contributed by atoms with E-state index in [2.05, 4.69) is 9.72 Å². The highest BCUT2D eigenvalue weighted by atomic mass is 35.5. The molecule has 132 valence electrons. The molecule has 0 bridgehead atoms. The lowest BCUT2D eigenvalue weighted by molar-refractivity contribution is -0.142. The molecule has 1 heterocycles. The minimum Gasteiger partial charge on any atom is -0.484 e. The number of amides is 1. The number of ether oxygens (including phenoxy) is 2. The van der Waals surface area contributed by atoms with Crippen molar-refractivity contribution in [3.05, 3.63) is 59.4 Å². The summed E-state index contributed by atoms with van der Waals surface area (Å²) in [7, 11) is 1.32. The molecule has 0 aliphatic heterocycles. The molecule has 25 heavy (non-hydrogen) atoms. The molecular weight excluding hydrogens is 344 g/mol. The first-order valence-corrected chi connectivity index (χ1v) is 8.09. The SMILES string of the molecule is COC(=O)CCN(Cc1ccccn1)C(=O)COc1ccc(Cl)cc1. The smallest absolute Gasteiger partial charge is 0.307 e. The second-order valence-electron chi connectivity index (χ2n) is 5.21. The number of aromatic nitrogens is 1. The van der Waals surface area contributed by atoms with Crippen molar-refractivity contribution in [3.63, 3.8) is 0 Å². The highest BCUT2D eigenvalue weighted by Gasteiger charge is 2.17. The lowest BCUT2D eigenvalue weighted by atomic mass is 10.3. The molecule has 0 spiro atoms. The van der Waals surface area contributed by atoms with Gasteiger partial charge >= 0.3 is 5.97 Å². The highest BCUT2D eigenvalue weighted by molar-refractivity contribution is 6.30. The summed E-state index contributed by atoms with van der Waals surface area (Å²) < 4.78 is 10.1. The van der Waals surface area contributed by atoms with Gasteiger partial charge in [0.2, 0.25) is 0 Å². The molecule has 0 aliphatic rings. The Hall–Kier alpha value is -2.60. The standard InChI is InChI=1S/C18H19ClN2O4/c1-24-18(23)9-11-21(12-15-4-2-3-10-20-15)17(22)13-25-16-7-5-14(19)6-8-16/h2-8,10H,9,11-13H2,1H3. The predicted octanol–water partition coefficient (Wildman–Crippen LogP) is 2.71. The summed E-state index contributed by atoms with van der Waals surface area (Å²) >= 11 is 5.82. The molecule has 6 nitrogen and oxygen atoms in total. The number of esters is 1. The number of hydrogen-bond acceptors (Lipinski definition) is 5. The van der Waals surface area contributed by atoms with Gasteiger partial charge in [-0.05, 0) is 36.4 Å². The van der Waals surface area contributed by atoms with Gasteiger partial charge in [-0.3, -0.25) is 14.6 Å². The average Bonchev–Trinajstić information content (AvgIpc) is 2.64. The lowest BCUT2D eigenvalue weighted by Gasteiger charge is -2.22. The number of carbonyl (C=O) groups excluding carboxylic acids is 2. The van der Waals surface area contributed by atoms with Gasteiger partial charge < -0.3 is 14.4 Å². The van der Waals surface area contributed by atoms with Crippen molar-refractivity contribution < 1.29 is 19.1 Å². The number of methoxy groups -OCH3 is 1. The van der Waals surface area contributed by atoms with Gasteiger partial charge in [-0.2, -0.15) is 0 Å². The molecule has 2 aromatic rings. The zero-order valence-corrected chi connectivity index (χ0v) is 14.6. The van der Waals surface area contributed by atoms with Crippen LogP contribution in [0.25, 0.3) is 0 Å². The Bertz CT molecular complexity index is 692. The Morgan fingerprint density at radius 3 is 2.56 bits per heavy atom. The monoisotopic (exact) mass is 362 g/mol. The van der Waals surface area contributed by atoms with Gasteiger partial charge in [-0.1, -0.05) is 17.7 Å². The van der Waals surface area contributed by atoms with Gasteiger partial charge in [0.05, 0.1) is 25.8 Å². The van der Waals surface area contributed by atoms with Crippen LogP contribution >= 0.6 is 11.6 Å². The van der Waals surface area contributed by atoms with Gasteiger partial charge in [0.25, 0.3) is 5.91 Å². The Balaban J connectivity index is 1.97. The molecule has 2 rings (SSSR count). The minimum atomic E-state index is -0.377. The third kappa shape index (κ3) is 6.43. The highest BCUT2D eigenvalue weighted by Crippen LogP contribution is 2.15. The topological polar surface area (TPSA) is 68.7 Å².